The summed E-state index contributed by atoms with van der Waals surface area (Å²) < 4.78 is 12.8. The van der Waals surface area contributed by atoms with Crippen LogP contribution in [0.2, 0.25) is 0 Å². The molecule has 2 N–H and O–H groups in total. The highest BCUT2D eigenvalue weighted by Gasteiger charge is 2.27. The molecular formula is C16H21FN2O. The molecule has 2 atom stereocenters. The summed E-state index contributed by atoms with van der Waals surface area (Å²) in [6.45, 7) is 2.71. The van der Waals surface area contributed by atoms with E-state index in [0.29, 0.717) is 0 Å². The van der Waals surface area contributed by atoms with E-state index >= 15 is 0 Å². The molecule has 0 spiro atoms. The maximum absolute atomic E-state index is 12.8. The van der Waals surface area contributed by atoms with Gasteiger partial charge in [0.15, 0.2) is 0 Å². The number of nitrogens with zero attached hydrogens (tertiary/aromatic N) is 1. The van der Waals surface area contributed by atoms with Gasteiger partial charge in [-0.05, 0) is 50.0 Å². The summed E-state index contributed by atoms with van der Waals surface area (Å²) in [4.78, 5) is 14.1. The van der Waals surface area contributed by atoms with E-state index in [1.54, 1.807) is 24.3 Å². The average Bonchev–Trinajstić information content (AvgIpc) is 2.46. The number of carbonyl (C=O) groups excluding carboxylic acids is 1. The quantitative estimate of drug-likeness (QED) is 0.862. The van der Waals surface area contributed by atoms with E-state index in [0.717, 1.165) is 31.4 Å². The van der Waals surface area contributed by atoms with Crippen LogP contribution in [-0.4, -0.2) is 29.4 Å². The highest BCUT2D eigenvalue weighted by atomic mass is 19.1. The van der Waals surface area contributed by atoms with Crippen LogP contribution >= 0.6 is 0 Å². The second-order valence-corrected chi connectivity index (χ2v) is 5.34. The monoisotopic (exact) mass is 276 g/mol. The molecule has 0 aromatic heterocycles. The summed E-state index contributed by atoms with van der Waals surface area (Å²) in [6.07, 6.45) is 6.38. The van der Waals surface area contributed by atoms with E-state index in [4.69, 9.17) is 5.73 Å². The Morgan fingerprint density at radius 2 is 2.10 bits per heavy atom. The van der Waals surface area contributed by atoms with Crippen molar-refractivity contribution >= 4 is 12.0 Å². The number of carbonyl (C=O) groups is 1. The predicted molar refractivity (Wildman–Crippen MR) is 78.4 cm³/mol. The van der Waals surface area contributed by atoms with Crippen LogP contribution in [0.3, 0.4) is 0 Å². The first-order valence-corrected chi connectivity index (χ1v) is 7.08. The molecule has 0 radical (unpaired) electrons. The van der Waals surface area contributed by atoms with Gasteiger partial charge in [-0.1, -0.05) is 12.1 Å². The molecule has 1 aliphatic heterocycles. The van der Waals surface area contributed by atoms with Crippen molar-refractivity contribution < 1.29 is 9.18 Å². The number of hydrogen-bond acceptors (Lipinski definition) is 2. The second kappa shape index (κ2) is 6.66. The van der Waals surface area contributed by atoms with Gasteiger partial charge in [0.1, 0.15) is 5.82 Å². The number of benzene rings is 1. The van der Waals surface area contributed by atoms with E-state index in [2.05, 4.69) is 0 Å². The molecule has 20 heavy (non-hydrogen) atoms. The first kappa shape index (κ1) is 14.7. The number of nitrogens with two attached hydrogens (primary N) is 1. The summed E-state index contributed by atoms with van der Waals surface area (Å²) in [6, 6.07) is 6.18. The predicted octanol–water partition coefficient (Wildman–Crippen LogP) is 2.57. The van der Waals surface area contributed by atoms with Crippen LogP contribution in [0, 0.1) is 5.82 Å². The molecule has 2 rings (SSSR count). The normalized spacial score (nSPS) is 21.1. The molecule has 0 aliphatic carbocycles. The average molecular weight is 276 g/mol. The molecule has 1 fully saturated rings. The van der Waals surface area contributed by atoms with Gasteiger partial charge in [-0.3, -0.25) is 4.79 Å². The molecule has 1 aromatic rings. The third kappa shape index (κ3) is 3.67. The van der Waals surface area contributed by atoms with Gasteiger partial charge in [-0.2, -0.15) is 0 Å². The van der Waals surface area contributed by atoms with Gasteiger partial charge >= 0.3 is 0 Å². The third-order valence-corrected chi connectivity index (χ3v) is 3.73. The highest BCUT2D eigenvalue weighted by molar-refractivity contribution is 5.92. The van der Waals surface area contributed by atoms with E-state index in [9.17, 15) is 9.18 Å². The van der Waals surface area contributed by atoms with Gasteiger partial charge in [0.2, 0.25) is 5.91 Å². The van der Waals surface area contributed by atoms with E-state index in [1.807, 2.05) is 11.8 Å². The molecule has 1 aromatic carbocycles. The van der Waals surface area contributed by atoms with Gasteiger partial charge < -0.3 is 10.6 Å². The lowest BCUT2D eigenvalue weighted by molar-refractivity contribution is -0.129. The van der Waals surface area contributed by atoms with E-state index in [1.165, 1.54) is 12.1 Å². The van der Waals surface area contributed by atoms with Crippen LogP contribution in [0.15, 0.2) is 30.3 Å². The van der Waals surface area contributed by atoms with Crippen molar-refractivity contribution in [2.45, 2.75) is 38.3 Å². The second-order valence-electron chi connectivity index (χ2n) is 5.34. The Bertz CT molecular complexity index is 482. The topological polar surface area (TPSA) is 46.3 Å². The van der Waals surface area contributed by atoms with Crippen LogP contribution in [0.4, 0.5) is 4.39 Å². The molecule has 1 heterocycles. The fraction of sp³-hybridized carbons (Fsp3) is 0.438. The molecule has 1 saturated heterocycles. The van der Waals surface area contributed by atoms with Crippen molar-refractivity contribution in [3.8, 4) is 0 Å². The fourth-order valence-electron chi connectivity index (χ4n) is 2.61. The fourth-order valence-corrected chi connectivity index (χ4v) is 2.61. The van der Waals surface area contributed by atoms with Gasteiger partial charge in [0.05, 0.1) is 0 Å². The number of halogens is 1. The van der Waals surface area contributed by atoms with Crippen molar-refractivity contribution in [3.63, 3.8) is 0 Å². The first-order valence-electron chi connectivity index (χ1n) is 7.08. The molecule has 2 unspecified atom stereocenters. The molecule has 0 bridgehead atoms. The Morgan fingerprint density at radius 3 is 2.75 bits per heavy atom. The molecule has 1 aliphatic rings. The highest BCUT2D eigenvalue weighted by Crippen LogP contribution is 2.19. The van der Waals surface area contributed by atoms with Gasteiger partial charge in [-0.25, -0.2) is 4.39 Å². The smallest absolute Gasteiger partial charge is 0.246 e. The largest absolute Gasteiger partial charge is 0.335 e. The summed E-state index contributed by atoms with van der Waals surface area (Å²) in [5.74, 6) is -0.294. The lowest BCUT2D eigenvalue weighted by Crippen LogP contribution is -2.51. The van der Waals surface area contributed by atoms with Crippen LogP contribution in [0.1, 0.15) is 31.7 Å². The lowest BCUT2D eigenvalue weighted by Gasteiger charge is -2.37. The SMILES string of the molecule is CC(N)C1CCCCN1C(=O)/C=C/c1ccc(F)cc1. The molecule has 1 amide bonds. The summed E-state index contributed by atoms with van der Waals surface area (Å²) in [5, 5.41) is 0. The van der Waals surface area contributed by atoms with E-state index in [-0.39, 0.29) is 23.8 Å². The van der Waals surface area contributed by atoms with Crippen molar-refractivity contribution in [2.75, 3.05) is 6.54 Å². The zero-order chi connectivity index (χ0) is 14.5. The summed E-state index contributed by atoms with van der Waals surface area (Å²) in [5.41, 5.74) is 6.77. The maximum atomic E-state index is 12.8. The number of likely N-dealkylation sites (tertiary alicyclic amines) is 1. The van der Waals surface area contributed by atoms with Crippen LogP contribution in [0.25, 0.3) is 6.08 Å². The van der Waals surface area contributed by atoms with Crippen LogP contribution in [0.5, 0.6) is 0 Å². The molecule has 0 saturated carbocycles. The number of rotatable bonds is 3. The Balaban J connectivity index is 2.04. The van der Waals surface area contributed by atoms with E-state index < -0.39 is 0 Å². The van der Waals surface area contributed by atoms with Gasteiger partial charge in [0, 0.05) is 24.7 Å². The Morgan fingerprint density at radius 1 is 1.40 bits per heavy atom. The molecular weight excluding hydrogens is 255 g/mol. The number of hydrogen-bond donors (Lipinski definition) is 1. The van der Waals surface area contributed by atoms with Crippen molar-refractivity contribution in [3.05, 3.63) is 41.7 Å². The van der Waals surface area contributed by atoms with Crippen molar-refractivity contribution in [2.24, 2.45) is 5.73 Å². The maximum Gasteiger partial charge on any atom is 0.246 e. The molecule has 4 heteroatoms. The van der Waals surface area contributed by atoms with Crippen molar-refractivity contribution in [1.82, 2.24) is 4.90 Å². The minimum atomic E-state index is -0.276. The molecule has 108 valence electrons. The zero-order valence-corrected chi connectivity index (χ0v) is 11.8. The lowest BCUT2D eigenvalue weighted by atomic mass is 9.97. The standard InChI is InChI=1S/C16H21FN2O/c1-12(18)15-4-2-3-11-19(15)16(20)10-7-13-5-8-14(17)9-6-13/h5-10,12,15H,2-4,11,18H2,1H3/b10-7+. The Labute approximate surface area is 119 Å². The third-order valence-electron chi connectivity index (χ3n) is 3.73. The van der Waals surface area contributed by atoms with Crippen LogP contribution < -0.4 is 5.73 Å². The Kier molecular flexibility index (Phi) is 4.90. The first-order chi connectivity index (χ1) is 9.58. The van der Waals surface area contributed by atoms with Gasteiger partial charge in [0.25, 0.3) is 0 Å². The minimum Gasteiger partial charge on any atom is -0.335 e. The van der Waals surface area contributed by atoms with Crippen molar-refractivity contribution in [1.29, 1.82) is 0 Å². The van der Waals surface area contributed by atoms with Crippen LogP contribution in [-0.2, 0) is 4.79 Å². The minimum absolute atomic E-state index is 0.0153. The zero-order valence-electron chi connectivity index (χ0n) is 11.8. The summed E-state index contributed by atoms with van der Waals surface area (Å²) in [7, 11) is 0. The molecule has 3 nitrogen and oxygen atoms in total. The summed E-state index contributed by atoms with van der Waals surface area (Å²) >= 11 is 0. The van der Waals surface area contributed by atoms with Gasteiger partial charge in [-0.15, -0.1) is 0 Å². The number of amides is 1. The number of piperidine rings is 1. The Hall–Kier alpha value is -1.68.